The van der Waals surface area contributed by atoms with E-state index in [2.05, 4.69) is 10.0 Å². The van der Waals surface area contributed by atoms with Gasteiger partial charge in [0.15, 0.2) is 0 Å². The Balaban J connectivity index is 1.67. The molecule has 0 saturated heterocycles. The van der Waals surface area contributed by atoms with Gasteiger partial charge in [-0.2, -0.15) is 0 Å². The zero-order valence-corrected chi connectivity index (χ0v) is 15.8. The van der Waals surface area contributed by atoms with Gasteiger partial charge in [0.25, 0.3) is 0 Å². The average Bonchev–Trinajstić information content (AvgIpc) is 3.46. The molecule has 0 atom stereocenters. The van der Waals surface area contributed by atoms with Crippen molar-refractivity contribution in [1.82, 2.24) is 4.72 Å². The highest BCUT2D eigenvalue weighted by atomic mass is 32.2. The quantitative estimate of drug-likeness (QED) is 0.608. The van der Waals surface area contributed by atoms with Crippen molar-refractivity contribution in [2.75, 3.05) is 19.0 Å². The Hall–Kier alpha value is -2.58. The van der Waals surface area contributed by atoms with Gasteiger partial charge in [-0.05, 0) is 55.2 Å². The van der Waals surface area contributed by atoms with Gasteiger partial charge in [0, 0.05) is 18.3 Å². The Bertz CT molecular complexity index is 922. The minimum atomic E-state index is -3.79. The first-order valence-corrected chi connectivity index (χ1v) is 10.1. The molecule has 2 aromatic carbocycles. The van der Waals surface area contributed by atoms with Crippen LogP contribution in [0.3, 0.4) is 0 Å². The summed E-state index contributed by atoms with van der Waals surface area (Å²) in [4.78, 5) is 11.4. The molecule has 0 heterocycles. The lowest BCUT2D eigenvalue weighted by Gasteiger charge is -2.12. The van der Waals surface area contributed by atoms with Gasteiger partial charge >= 0.3 is 5.97 Å². The molecule has 3 rings (SSSR count). The largest absolute Gasteiger partial charge is 0.497 e. The van der Waals surface area contributed by atoms with E-state index in [1.54, 1.807) is 7.11 Å². The molecule has 1 fully saturated rings. The smallest absolute Gasteiger partial charge is 0.337 e. The van der Waals surface area contributed by atoms with Crippen LogP contribution in [0.1, 0.15) is 28.8 Å². The SMILES string of the molecule is COc1ccc(CCNS(=O)(=O)c2ccc(NC3CC3)c(C(=O)O)c2)cc1. The second-order valence-electron chi connectivity index (χ2n) is 6.43. The molecular formula is C19H22N2O5S. The lowest BCUT2D eigenvalue weighted by atomic mass is 10.1. The maximum Gasteiger partial charge on any atom is 0.337 e. The van der Waals surface area contributed by atoms with Crippen LogP contribution in [0.5, 0.6) is 5.75 Å². The monoisotopic (exact) mass is 390 g/mol. The van der Waals surface area contributed by atoms with Gasteiger partial charge in [0.1, 0.15) is 5.75 Å². The van der Waals surface area contributed by atoms with Crippen LogP contribution in [0.4, 0.5) is 5.69 Å². The van der Waals surface area contributed by atoms with Crippen LogP contribution in [0.2, 0.25) is 0 Å². The molecule has 7 nitrogen and oxygen atoms in total. The predicted molar refractivity (Wildman–Crippen MR) is 102 cm³/mol. The minimum absolute atomic E-state index is 0.0417. The molecule has 0 bridgehead atoms. The van der Waals surface area contributed by atoms with Crippen LogP contribution >= 0.6 is 0 Å². The fourth-order valence-electron chi connectivity index (χ4n) is 2.65. The molecule has 144 valence electrons. The van der Waals surface area contributed by atoms with Crippen LogP contribution in [0.15, 0.2) is 47.4 Å². The van der Waals surface area contributed by atoms with Gasteiger partial charge in [-0.3, -0.25) is 0 Å². The van der Waals surface area contributed by atoms with Gasteiger partial charge in [-0.1, -0.05) is 12.1 Å². The van der Waals surface area contributed by atoms with Gasteiger partial charge in [0.2, 0.25) is 10.0 Å². The van der Waals surface area contributed by atoms with E-state index in [1.807, 2.05) is 24.3 Å². The van der Waals surface area contributed by atoms with E-state index in [1.165, 1.54) is 18.2 Å². The number of aromatic carboxylic acids is 1. The number of nitrogens with one attached hydrogen (secondary N) is 2. The summed E-state index contributed by atoms with van der Waals surface area (Å²) in [6.45, 7) is 0.207. The Kier molecular flexibility index (Phi) is 5.67. The Labute approximate surface area is 158 Å². The van der Waals surface area contributed by atoms with Gasteiger partial charge in [-0.15, -0.1) is 0 Å². The van der Waals surface area contributed by atoms with E-state index >= 15 is 0 Å². The zero-order valence-electron chi connectivity index (χ0n) is 14.9. The van der Waals surface area contributed by atoms with E-state index in [9.17, 15) is 18.3 Å². The van der Waals surface area contributed by atoms with Crippen molar-refractivity contribution >= 4 is 21.7 Å². The number of carboxylic acids is 1. The fraction of sp³-hybridized carbons (Fsp3) is 0.316. The van der Waals surface area contributed by atoms with Gasteiger partial charge in [0.05, 0.1) is 17.6 Å². The van der Waals surface area contributed by atoms with Crippen LogP contribution in [-0.2, 0) is 16.4 Å². The summed E-state index contributed by atoms with van der Waals surface area (Å²) in [7, 11) is -2.21. The summed E-state index contributed by atoms with van der Waals surface area (Å²) in [6, 6.07) is 11.8. The standard InChI is InChI=1S/C19H22N2O5S/c1-26-15-6-2-13(3-7-15)10-11-20-27(24,25)16-8-9-18(21-14-4-5-14)17(12-16)19(22)23/h2-3,6-9,12,14,20-21H,4-5,10-11H2,1H3,(H,22,23). The minimum Gasteiger partial charge on any atom is -0.497 e. The Morgan fingerprint density at radius 2 is 1.89 bits per heavy atom. The molecule has 0 radical (unpaired) electrons. The number of hydrogen-bond acceptors (Lipinski definition) is 5. The van der Waals surface area contributed by atoms with E-state index in [4.69, 9.17) is 4.74 Å². The zero-order chi connectivity index (χ0) is 19.4. The third kappa shape index (κ3) is 4.99. The first kappa shape index (κ1) is 19.2. The number of methoxy groups -OCH3 is 1. The van der Waals surface area contributed by atoms with Crippen molar-refractivity contribution in [1.29, 1.82) is 0 Å². The predicted octanol–water partition coefficient (Wildman–Crippen LogP) is 2.49. The normalized spacial score (nSPS) is 14.0. The average molecular weight is 390 g/mol. The second-order valence-corrected chi connectivity index (χ2v) is 8.19. The number of anilines is 1. The van der Waals surface area contributed by atoms with Gasteiger partial charge in [-0.25, -0.2) is 17.9 Å². The van der Waals surface area contributed by atoms with Gasteiger partial charge < -0.3 is 15.2 Å². The molecule has 0 amide bonds. The molecular weight excluding hydrogens is 368 g/mol. The highest BCUT2D eigenvalue weighted by molar-refractivity contribution is 7.89. The molecule has 0 unspecified atom stereocenters. The Morgan fingerprint density at radius 3 is 2.48 bits per heavy atom. The summed E-state index contributed by atoms with van der Waals surface area (Å²) >= 11 is 0. The lowest BCUT2D eigenvalue weighted by Crippen LogP contribution is -2.26. The number of rotatable bonds is 9. The number of carboxylic acid groups (broad SMARTS) is 1. The van der Waals surface area contributed by atoms with E-state index in [-0.39, 0.29) is 23.0 Å². The van der Waals surface area contributed by atoms with Crippen LogP contribution < -0.4 is 14.8 Å². The number of hydrogen-bond donors (Lipinski definition) is 3. The van der Waals surface area contributed by atoms with Crippen molar-refractivity contribution in [3.8, 4) is 5.75 Å². The molecule has 0 spiro atoms. The topological polar surface area (TPSA) is 105 Å². The summed E-state index contributed by atoms with van der Waals surface area (Å²) in [5, 5.41) is 12.5. The third-order valence-electron chi connectivity index (χ3n) is 4.33. The van der Waals surface area contributed by atoms with Crippen LogP contribution in [0.25, 0.3) is 0 Å². The number of sulfonamides is 1. The van der Waals surface area contributed by atoms with E-state index in [0.29, 0.717) is 12.1 Å². The summed E-state index contributed by atoms with van der Waals surface area (Å²) in [6.07, 6.45) is 2.49. The lowest BCUT2D eigenvalue weighted by molar-refractivity contribution is 0.0697. The molecule has 1 saturated carbocycles. The molecule has 27 heavy (non-hydrogen) atoms. The van der Waals surface area contributed by atoms with Crippen LogP contribution in [0, 0.1) is 0 Å². The van der Waals surface area contributed by atoms with Crippen molar-refractivity contribution in [2.24, 2.45) is 0 Å². The number of carbonyl (C=O) groups is 1. The van der Waals surface area contributed by atoms with Crippen molar-refractivity contribution in [3.63, 3.8) is 0 Å². The summed E-state index contributed by atoms with van der Waals surface area (Å²) in [5.41, 5.74) is 1.37. The highest BCUT2D eigenvalue weighted by Crippen LogP contribution is 2.28. The van der Waals surface area contributed by atoms with Crippen molar-refractivity contribution in [2.45, 2.75) is 30.2 Å². The first-order valence-electron chi connectivity index (χ1n) is 8.65. The summed E-state index contributed by atoms with van der Waals surface area (Å²) in [5.74, 6) is -0.422. The number of benzene rings is 2. The molecule has 1 aliphatic rings. The maximum atomic E-state index is 12.5. The molecule has 0 aliphatic heterocycles. The van der Waals surface area contributed by atoms with Crippen LogP contribution in [-0.4, -0.2) is 39.2 Å². The highest BCUT2D eigenvalue weighted by Gasteiger charge is 2.24. The molecule has 3 N–H and O–H groups in total. The third-order valence-corrected chi connectivity index (χ3v) is 5.79. The van der Waals surface area contributed by atoms with Crippen molar-refractivity contribution in [3.05, 3.63) is 53.6 Å². The molecule has 1 aliphatic carbocycles. The first-order chi connectivity index (χ1) is 12.9. The molecule has 2 aromatic rings. The summed E-state index contributed by atoms with van der Waals surface area (Å²) < 4.78 is 32.6. The maximum absolute atomic E-state index is 12.5. The molecule has 0 aromatic heterocycles. The van der Waals surface area contributed by atoms with Crippen molar-refractivity contribution < 1.29 is 23.1 Å². The van der Waals surface area contributed by atoms with E-state index < -0.39 is 16.0 Å². The second kappa shape index (κ2) is 7.98. The fourth-order valence-corrected chi connectivity index (χ4v) is 3.70. The van der Waals surface area contributed by atoms with E-state index in [0.717, 1.165) is 24.2 Å². The Morgan fingerprint density at radius 1 is 1.19 bits per heavy atom. The molecule has 8 heteroatoms. The number of ether oxygens (including phenoxy) is 1.